The molecule has 0 fully saturated rings. The first-order valence-corrected chi connectivity index (χ1v) is 8.96. The zero-order chi connectivity index (χ0) is 16.1. The van der Waals surface area contributed by atoms with Gasteiger partial charge in [0.25, 0.3) is 0 Å². The summed E-state index contributed by atoms with van der Waals surface area (Å²) >= 11 is 8.92. The number of amides is 1. The molecule has 23 heavy (non-hydrogen) atoms. The van der Waals surface area contributed by atoms with Crippen LogP contribution in [0, 0.1) is 0 Å². The summed E-state index contributed by atoms with van der Waals surface area (Å²) in [5, 5.41) is 12.6. The van der Waals surface area contributed by atoms with Gasteiger partial charge >= 0.3 is 0 Å². The van der Waals surface area contributed by atoms with Gasteiger partial charge in [-0.3, -0.25) is 10.1 Å². The summed E-state index contributed by atoms with van der Waals surface area (Å²) < 4.78 is 0. The maximum absolute atomic E-state index is 12.0. The molecular weight excluding hydrogens is 350 g/mol. The summed E-state index contributed by atoms with van der Waals surface area (Å²) in [6.07, 6.45) is 0. The molecule has 0 spiro atoms. The van der Waals surface area contributed by atoms with Gasteiger partial charge in [-0.15, -0.1) is 22.0 Å². The number of hydrogen-bond donors (Lipinski definition) is 1. The van der Waals surface area contributed by atoms with Gasteiger partial charge < -0.3 is 0 Å². The Labute approximate surface area is 146 Å². The zero-order valence-electron chi connectivity index (χ0n) is 11.9. The molecule has 0 saturated carbocycles. The lowest BCUT2D eigenvalue weighted by molar-refractivity contribution is -0.113. The first kappa shape index (κ1) is 16.0. The molecule has 0 radical (unpaired) electrons. The molecule has 1 N–H and O–H groups in total. The molecular formula is C16H12ClN3OS2. The van der Waals surface area contributed by atoms with Gasteiger partial charge in [-0.25, -0.2) is 0 Å². The van der Waals surface area contributed by atoms with E-state index >= 15 is 0 Å². The Kier molecular flexibility index (Phi) is 5.27. The summed E-state index contributed by atoms with van der Waals surface area (Å²) in [6.45, 7) is 0. The van der Waals surface area contributed by atoms with Gasteiger partial charge in [0.15, 0.2) is 5.01 Å². The number of anilines is 1. The summed E-state index contributed by atoms with van der Waals surface area (Å²) in [7, 11) is 0. The van der Waals surface area contributed by atoms with Crippen LogP contribution in [0.1, 0.15) is 0 Å². The topological polar surface area (TPSA) is 54.9 Å². The van der Waals surface area contributed by atoms with Crippen molar-refractivity contribution < 1.29 is 4.79 Å². The van der Waals surface area contributed by atoms with Crippen LogP contribution in [-0.4, -0.2) is 21.9 Å². The Morgan fingerprint density at radius 1 is 1.09 bits per heavy atom. The minimum Gasteiger partial charge on any atom is -0.300 e. The van der Waals surface area contributed by atoms with Crippen molar-refractivity contribution in [2.75, 3.05) is 11.1 Å². The quantitative estimate of drug-likeness (QED) is 0.675. The molecule has 1 amide bonds. The van der Waals surface area contributed by atoms with Crippen LogP contribution in [0.4, 0.5) is 5.13 Å². The van der Waals surface area contributed by atoms with Crippen LogP contribution in [0.5, 0.6) is 0 Å². The number of aromatic nitrogens is 2. The summed E-state index contributed by atoms with van der Waals surface area (Å²) in [5.74, 6) is 0.214. The van der Waals surface area contributed by atoms with E-state index in [1.54, 1.807) is 6.07 Å². The first-order valence-electron chi connectivity index (χ1n) is 6.78. The predicted molar refractivity (Wildman–Crippen MR) is 96.2 cm³/mol. The number of thioether (sulfide) groups is 1. The minimum absolute atomic E-state index is 0.110. The van der Waals surface area contributed by atoms with Crippen LogP contribution in [0.15, 0.2) is 59.5 Å². The number of carbonyl (C=O) groups is 1. The maximum atomic E-state index is 12.0. The molecule has 3 aromatic rings. The lowest BCUT2D eigenvalue weighted by Crippen LogP contribution is -2.13. The van der Waals surface area contributed by atoms with Crippen LogP contribution in [-0.2, 0) is 4.79 Å². The molecule has 2 aromatic carbocycles. The number of benzene rings is 2. The predicted octanol–water partition coefficient (Wildman–Crippen LogP) is 4.59. The summed E-state index contributed by atoms with van der Waals surface area (Å²) in [6, 6.07) is 17.2. The molecule has 0 unspecified atom stereocenters. The van der Waals surface area contributed by atoms with E-state index in [0.29, 0.717) is 20.9 Å². The largest absolute Gasteiger partial charge is 0.300 e. The average Bonchev–Trinajstić information content (AvgIpc) is 3.02. The van der Waals surface area contributed by atoms with Crippen LogP contribution in [0.2, 0.25) is 5.02 Å². The van der Waals surface area contributed by atoms with Gasteiger partial charge in [0.1, 0.15) is 0 Å². The van der Waals surface area contributed by atoms with Gasteiger partial charge in [0.05, 0.1) is 10.8 Å². The Hall–Kier alpha value is -1.89. The first-order chi connectivity index (χ1) is 11.2. The number of carbonyl (C=O) groups excluding carboxylic acids is 1. The minimum atomic E-state index is -0.110. The van der Waals surface area contributed by atoms with Gasteiger partial charge in [-0.05, 0) is 18.2 Å². The van der Waals surface area contributed by atoms with E-state index in [0.717, 1.165) is 10.5 Å². The molecule has 4 nitrogen and oxygen atoms in total. The highest BCUT2D eigenvalue weighted by molar-refractivity contribution is 8.00. The second kappa shape index (κ2) is 7.59. The standard InChI is InChI=1S/C16H12ClN3OS2/c17-13-9-5-4-8-12(13)15-19-20-16(23-15)18-14(21)10-22-11-6-2-1-3-7-11/h1-9H,10H2,(H,18,20,21). The third-order valence-corrected chi connectivity index (χ3v) is 5.10. The molecule has 0 aliphatic carbocycles. The Morgan fingerprint density at radius 2 is 1.83 bits per heavy atom. The van der Waals surface area contributed by atoms with Crippen LogP contribution in [0.25, 0.3) is 10.6 Å². The third kappa shape index (κ3) is 4.31. The Bertz CT molecular complexity index is 808. The van der Waals surface area contributed by atoms with E-state index in [2.05, 4.69) is 15.5 Å². The van der Waals surface area contributed by atoms with Gasteiger partial charge in [0.2, 0.25) is 11.0 Å². The van der Waals surface area contributed by atoms with Crippen molar-refractivity contribution in [2.24, 2.45) is 0 Å². The molecule has 3 rings (SSSR count). The van der Waals surface area contributed by atoms with Crippen molar-refractivity contribution in [3.05, 3.63) is 59.6 Å². The highest BCUT2D eigenvalue weighted by Gasteiger charge is 2.11. The van der Waals surface area contributed by atoms with Crippen molar-refractivity contribution in [3.63, 3.8) is 0 Å². The summed E-state index contributed by atoms with van der Waals surface area (Å²) in [5.41, 5.74) is 0.811. The van der Waals surface area contributed by atoms with E-state index in [1.807, 2.05) is 48.5 Å². The van der Waals surface area contributed by atoms with Crippen molar-refractivity contribution in [1.82, 2.24) is 10.2 Å². The van der Waals surface area contributed by atoms with Crippen molar-refractivity contribution in [2.45, 2.75) is 4.90 Å². The van der Waals surface area contributed by atoms with E-state index in [9.17, 15) is 4.79 Å². The Balaban J connectivity index is 1.61. The lowest BCUT2D eigenvalue weighted by atomic mass is 10.2. The number of nitrogens with zero attached hydrogens (tertiary/aromatic N) is 2. The number of hydrogen-bond acceptors (Lipinski definition) is 5. The molecule has 0 saturated heterocycles. The molecule has 116 valence electrons. The SMILES string of the molecule is O=C(CSc1ccccc1)Nc1nnc(-c2ccccc2Cl)s1. The lowest BCUT2D eigenvalue weighted by Gasteiger charge is -2.01. The normalized spacial score (nSPS) is 10.5. The molecule has 0 aliphatic heterocycles. The van der Waals surface area contributed by atoms with E-state index in [-0.39, 0.29) is 5.91 Å². The van der Waals surface area contributed by atoms with Gasteiger partial charge in [0, 0.05) is 10.5 Å². The number of rotatable bonds is 5. The second-order valence-electron chi connectivity index (χ2n) is 4.54. The molecule has 0 aliphatic rings. The maximum Gasteiger partial charge on any atom is 0.236 e. The molecule has 0 bridgehead atoms. The van der Waals surface area contributed by atoms with Crippen LogP contribution in [0.3, 0.4) is 0 Å². The fraction of sp³-hybridized carbons (Fsp3) is 0.0625. The highest BCUT2D eigenvalue weighted by atomic mass is 35.5. The van der Waals surface area contributed by atoms with Crippen LogP contribution < -0.4 is 5.32 Å². The van der Waals surface area contributed by atoms with Gasteiger partial charge in [-0.2, -0.15) is 0 Å². The van der Waals surface area contributed by atoms with Crippen molar-refractivity contribution in [1.29, 1.82) is 0 Å². The molecule has 0 atom stereocenters. The van der Waals surface area contributed by atoms with Crippen molar-refractivity contribution >= 4 is 45.7 Å². The fourth-order valence-corrected chi connectivity index (χ4v) is 3.64. The monoisotopic (exact) mass is 361 g/mol. The second-order valence-corrected chi connectivity index (χ2v) is 6.98. The van der Waals surface area contributed by atoms with Crippen molar-refractivity contribution in [3.8, 4) is 10.6 Å². The van der Waals surface area contributed by atoms with E-state index in [1.165, 1.54) is 23.1 Å². The third-order valence-electron chi connectivity index (χ3n) is 2.89. The molecule has 1 heterocycles. The molecule has 1 aromatic heterocycles. The zero-order valence-corrected chi connectivity index (χ0v) is 14.3. The Morgan fingerprint density at radius 3 is 2.61 bits per heavy atom. The average molecular weight is 362 g/mol. The fourth-order valence-electron chi connectivity index (χ4n) is 1.84. The smallest absolute Gasteiger partial charge is 0.236 e. The summed E-state index contributed by atoms with van der Waals surface area (Å²) in [4.78, 5) is 13.0. The molecule has 7 heteroatoms. The van der Waals surface area contributed by atoms with Gasteiger partial charge in [-0.1, -0.05) is 59.3 Å². The van der Waals surface area contributed by atoms with E-state index in [4.69, 9.17) is 11.6 Å². The highest BCUT2D eigenvalue weighted by Crippen LogP contribution is 2.31. The van der Waals surface area contributed by atoms with Crippen LogP contribution >= 0.6 is 34.7 Å². The van der Waals surface area contributed by atoms with E-state index < -0.39 is 0 Å². The number of halogens is 1. The number of nitrogens with one attached hydrogen (secondary N) is 1.